The number of rotatable bonds is 2. The van der Waals surface area contributed by atoms with Crippen LogP contribution in [-0.2, 0) is 13.7 Å². The summed E-state index contributed by atoms with van der Waals surface area (Å²) in [4.78, 5) is 2.58. The standard InChI is InChI=1S/C14H24N4S/c1-13(2)5-11-6-14(3,7-13)8-17(11)10-18-12(19)16(4)9-15-18/h9,11H,5-8,10H2,1-4H3. The van der Waals surface area contributed by atoms with E-state index < -0.39 is 0 Å². The summed E-state index contributed by atoms with van der Waals surface area (Å²) in [5.41, 5.74) is 0.946. The molecule has 2 fully saturated rings. The van der Waals surface area contributed by atoms with Crippen molar-refractivity contribution in [2.45, 2.75) is 52.7 Å². The van der Waals surface area contributed by atoms with E-state index in [-0.39, 0.29) is 0 Å². The molecule has 1 aromatic heterocycles. The van der Waals surface area contributed by atoms with Crippen LogP contribution in [0.15, 0.2) is 6.33 Å². The topological polar surface area (TPSA) is 26.0 Å². The first kappa shape index (κ1) is 13.3. The second-order valence-corrected chi connectivity index (χ2v) is 7.99. The molecule has 2 aliphatic rings. The summed E-state index contributed by atoms with van der Waals surface area (Å²) in [6.45, 7) is 9.29. The van der Waals surface area contributed by atoms with Gasteiger partial charge in [0.05, 0.1) is 6.67 Å². The van der Waals surface area contributed by atoms with Crippen molar-refractivity contribution in [3.05, 3.63) is 11.1 Å². The Morgan fingerprint density at radius 3 is 2.74 bits per heavy atom. The Morgan fingerprint density at radius 1 is 1.37 bits per heavy atom. The van der Waals surface area contributed by atoms with Gasteiger partial charge in [0.1, 0.15) is 6.33 Å². The summed E-state index contributed by atoms with van der Waals surface area (Å²) in [7, 11) is 1.96. The summed E-state index contributed by atoms with van der Waals surface area (Å²) in [6.07, 6.45) is 5.76. The number of hydrogen-bond acceptors (Lipinski definition) is 3. The van der Waals surface area contributed by atoms with Gasteiger partial charge in [-0.1, -0.05) is 20.8 Å². The number of aromatic nitrogens is 3. The van der Waals surface area contributed by atoms with Gasteiger partial charge >= 0.3 is 0 Å². The molecule has 1 aromatic rings. The van der Waals surface area contributed by atoms with Crippen LogP contribution in [0, 0.1) is 15.6 Å². The minimum Gasteiger partial charge on any atom is -0.310 e. The van der Waals surface area contributed by atoms with Crippen LogP contribution in [0.2, 0.25) is 0 Å². The molecule has 0 spiro atoms. The fourth-order valence-electron chi connectivity index (χ4n) is 4.43. The molecular formula is C14H24N4S. The maximum absolute atomic E-state index is 5.39. The van der Waals surface area contributed by atoms with E-state index in [9.17, 15) is 0 Å². The van der Waals surface area contributed by atoms with Gasteiger partial charge in [0.2, 0.25) is 0 Å². The first-order valence-electron chi connectivity index (χ1n) is 7.11. The highest BCUT2D eigenvalue weighted by Gasteiger charge is 2.49. The van der Waals surface area contributed by atoms with Gasteiger partial charge in [0.15, 0.2) is 4.77 Å². The average Bonchev–Trinajstić information content (AvgIpc) is 2.68. The van der Waals surface area contributed by atoms with Crippen molar-refractivity contribution in [3.63, 3.8) is 0 Å². The third-order valence-electron chi connectivity index (χ3n) is 4.73. The van der Waals surface area contributed by atoms with E-state index in [1.54, 1.807) is 6.33 Å². The van der Waals surface area contributed by atoms with Gasteiger partial charge in [-0.2, -0.15) is 5.10 Å². The summed E-state index contributed by atoms with van der Waals surface area (Å²) in [5, 5.41) is 4.39. The summed E-state index contributed by atoms with van der Waals surface area (Å²) >= 11 is 5.39. The maximum atomic E-state index is 5.39. The normalized spacial score (nSPS) is 33.8. The molecule has 2 unspecified atom stereocenters. The molecule has 2 bridgehead atoms. The van der Waals surface area contributed by atoms with Crippen molar-refractivity contribution >= 4 is 12.2 Å². The second-order valence-electron chi connectivity index (χ2n) is 7.63. The van der Waals surface area contributed by atoms with Gasteiger partial charge in [-0.15, -0.1) is 0 Å². The molecule has 0 aromatic carbocycles. The van der Waals surface area contributed by atoms with Crippen LogP contribution < -0.4 is 0 Å². The molecule has 4 nitrogen and oxygen atoms in total. The smallest absolute Gasteiger partial charge is 0.198 e. The van der Waals surface area contributed by atoms with Crippen molar-refractivity contribution in [1.82, 2.24) is 19.2 Å². The van der Waals surface area contributed by atoms with Crippen LogP contribution in [0.4, 0.5) is 0 Å². The van der Waals surface area contributed by atoms with E-state index in [1.165, 1.54) is 25.8 Å². The second kappa shape index (κ2) is 4.16. The van der Waals surface area contributed by atoms with Crippen LogP contribution in [0.5, 0.6) is 0 Å². The minimum atomic E-state index is 0.470. The van der Waals surface area contributed by atoms with Crippen LogP contribution in [0.25, 0.3) is 0 Å². The summed E-state index contributed by atoms with van der Waals surface area (Å²) in [6, 6.07) is 0.692. The quantitative estimate of drug-likeness (QED) is 0.779. The third-order valence-corrected chi connectivity index (χ3v) is 5.22. The van der Waals surface area contributed by atoms with Gasteiger partial charge in [0, 0.05) is 19.6 Å². The van der Waals surface area contributed by atoms with Gasteiger partial charge < -0.3 is 4.57 Å². The Hall–Kier alpha value is -0.680. The van der Waals surface area contributed by atoms with Gasteiger partial charge in [-0.25, -0.2) is 4.68 Å². The molecule has 0 N–H and O–H groups in total. The molecule has 0 radical (unpaired) electrons. The molecular weight excluding hydrogens is 256 g/mol. The molecule has 3 rings (SSSR count). The molecule has 5 heteroatoms. The summed E-state index contributed by atoms with van der Waals surface area (Å²) < 4.78 is 4.67. The van der Waals surface area contributed by atoms with Crippen LogP contribution >= 0.6 is 12.2 Å². The Kier molecular flexibility index (Phi) is 2.91. The number of fused-ring (bicyclic) bond motifs is 2. The SMILES string of the molecule is Cn1cnn(CN2CC3(C)CC2CC(C)(C)C3)c1=S. The molecule has 1 aliphatic carbocycles. The van der Waals surface area contributed by atoms with Crippen molar-refractivity contribution in [1.29, 1.82) is 0 Å². The van der Waals surface area contributed by atoms with E-state index in [0.29, 0.717) is 16.9 Å². The zero-order valence-electron chi connectivity index (χ0n) is 12.4. The Morgan fingerprint density at radius 2 is 2.11 bits per heavy atom. The van der Waals surface area contributed by atoms with E-state index in [0.717, 1.165) is 11.4 Å². The van der Waals surface area contributed by atoms with Crippen LogP contribution in [0.1, 0.15) is 40.0 Å². The summed E-state index contributed by atoms with van der Waals surface area (Å²) in [5.74, 6) is 0. The lowest BCUT2D eigenvalue weighted by Gasteiger charge is -2.39. The monoisotopic (exact) mass is 280 g/mol. The molecule has 0 amide bonds. The maximum Gasteiger partial charge on any atom is 0.198 e. The number of likely N-dealkylation sites (tertiary alicyclic amines) is 1. The Labute approximate surface area is 120 Å². The highest BCUT2D eigenvalue weighted by Crippen LogP contribution is 2.52. The predicted octanol–water partition coefficient (Wildman–Crippen LogP) is 2.81. The van der Waals surface area contributed by atoms with Gasteiger partial charge in [-0.05, 0) is 42.3 Å². The predicted molar refractivity (Wildman–Crippen MR) is 78.3 cm³/mol. The minimum absolute atomic E-state index is 0.470. The molecule has 106 valence electrons. The molecule has 19 heavy (non-hydrogen) atoms. The van der Waals surface area contributed by atoms with Crippen molar-refractivity contribution < 1.29 is 0 Å². The molecule has 1 saturated carbocycles. The molecule has 1 saturated heterocycles. The van der Waals surface area contributed by atoms with Gasteiger partial charge in [-0.3, -0.25) is 4.90 Å². The Balaban J connectivity index is 1.81. The van der Waals surface area contributed by atoms with Crippen molar-refractivity contribution in [2.75, 3.05) is 6.54 Å². The van der Waals surface area contributed by atoms with Gasteiger partial charge in [0.25, 0.3) is 0 Å². The van der Waals surface area contributed by atoms with Crippen LogP contribution in [0.3, 0.4) is 0 Å². The molecule has 2 atom stereocenters. The van der Waals surface area contributed by atoms with Crippen molar-refractivity contribution in [3.8, 4) is 0 Å². The number of hydrogen-bond donors (Lipinski definition) is 0. The highest BCUT2D eigenvalue weighted by molar-refractivity contribution is 7.71. The zero-order chi connectivity index (χ0) is 13.8. The highest BCUT2D eigenvalue weighted by atomic mass is 32.1. The fourth-order valence-corrected chi connectivity index (χ4v) is 4.58. The zero-order valence-corrected chi connectivity index (χ0v) is 13.2. The van der Waals surface area contributed by atoms with E-state index in [1.807, 2.05) is 16.3 Å². The number of nitrogens with zero attached hydrogens (tertiary/aromatic N) is 4. The lowest BCUT2D eigenvalue weighted by molar-refractivity contribution is 0.119. The first-order chi connectivity index (χ1) is 8.78. The first-order valence-corrected chi connectivity index (χ1v) is 7.51. The lowest BCUT2D eigenvalue weighted by Crippen LogP contribution is -2.35. The number of aryl methyl sites for hydroxylation is 1. The molecule has 1 aliphatic heterocycles. The largest absolute Gasteiger partial charge is 0.310 e. The van der Waals surface area contributed by atoms with E-state index in [2.05, 4.69) is 30.8 Å². The lowest BCUT2D eigenvalue weighted by atomic mass is 9.65. The molecule has 2 heterocycles. The fraction of sp³-hybridized carbons (Fsp3) is 0.857. The van der Waals surface area contributed by atoms with Crippen molar-refractivity contribution in [2.24, 2.45) is 17.9 Å². The van der Waals surface area contributed by atoms with E-state index >= 15 is 0 Å². The third kappa shape index (κ3) is 2.38. The Bertz CT molecular complexity index is 544. The average molecular weight is 280 g/mol. The van der Waals surface area contributed by atoms with Crippen LogP contribution in [-0.4, -0.2) is 31.8 Å². The van der Waals surface area contributed by atoms with E-state index in [4.69, 9.17) is 12.2 Å².